The highest BCUT2D eigenvalue weighted by Crippen LogP contribution is 2.06. The molecule has 0 amide bonds. The first-order chi connectivity index (χ1) is 6.83. The molecule has 0 radical (unpaired) electrons. The van der Waals surface area contributed by atoms with Crippen molar-refractivity contribution in [3.8, 4) is 0 Å². The second-order valence-corrected chi connectivity index (χ2v) is 3.81. The van der Waals surface area contributed by atoms with Crippen molar-refractivity contribution in [2.24, 2.45) is 5.73 Å². The molecule has 84 valence electrons. The van der Waals surface area contributed by atoms with Crippen molar-refractivity contribution in [2.45, 2.75) is 18.9 Å². The van der Waals surface area contributed by atoms with Gasteiger partial charge in [-0.25, -0.2) is 0 Å². The first kappa shape index (κ1) is 11.9. The van der Waals surface area contributed by atoms with E-state index >= 15 is 0 Å². The average molecular weight is 202 g/mol. The van der Waals surface area contributed by atoms with Gasteiger partial charge < -0.3 is 20.1 Å². The summed E-state index contributed by atoms with van der Waals surface area (Å²) in [6.45, 7) is 5.54. The molecule has 1 atom stereocenters. The Kier molecular flexibility index (Phi) is 6.10. The van der Waals surface area contributed by atoms with E-state index in [1.165, 1.54) is 0 Å². The zero-order chi connectivity index (χ0) is 10.2. The molecular weight excluding hydrogens is 180 g/mol. The summed E-state index contributed by atoms with van der Waals surface area (Å²) in [4.78, 5) is 2.41. The molecule has 1 aliphatic heterocycles. The maximum absolute atomic E-state index is 5.81. The van der Waals surface area contributed by atoms with Gasteiger partial charge in [0.1, 0.15) is 0 Å². The molecule has 0 aliphatic carbocycles. The SMILES string of the molecule is COCCOCCCN1CC[C@@H](N)C1. The molecule has 0 unspecified atom stereocenters. The zero-order valence-electron chi connectivity index (χ0n) is 9.08. The molecule has 4 heteroatoms. The van der Waals surface area contributed by atoms with Crippen molar-refractivity contribution in [3.63, 3.8) is 0 Å². The third-order valence-electron chi connectivity index (χ3n) is 2.50. The molecule has 0 bridgehead atoms. The Morgan fingerprint density at radius 3 is 2.86 bits per heavy atom. The molecule has 14 heavy (non-hydrogen) atoms. The minimum atomic E-state index is 0.393. The van der Waals surface area contributed by atoms with Crippen LogP contribution >= 0.6 is 0 Å². The maximum atomic E-state index is 5.81. The lowest BCUT2D eigenvalue weighted by Gasteiger charge is -2.14. The summed E-state index contributed by atoms with van der Waals surface area (Å²) in [5.74, 6) is 0. The number of rotatable bonds is 7. The third-order valence-corrected chi connectivity index (χ3v) is 2.50. The van der Waals surface area contributed by atoms with E-state index in [0.717, 1.165) is 39.1 Å². The largest absolute Gasteiger partial charge is 0.382 e. The third kappa shape index (κ3) is 4.91. The summed E-state index contributed by atoms with van der Waals surface area (Å²) in [6.07, 6.45) is 2.24. The quantitative estimate of drug-likeness (QED) is 0.594. The predicted molar refractivity (Wildman–Crippen MR) is 56.3 cm³/mol. The van der Waals surface area contributed by atoms with E-state index in [9.17, 15) is 0 Å². The van der Waals surface area contributed by atoms with E-state index < -0.39 is 0 Å². The van der Waals surface area contributed by atoms with Crippen LogP contribution in [0.5, 0.6) is 0 Å². The Morgan fingerprint density at radius 2 is 2.21 bits per heavy atom. The molecule has 0 spiro atoms. The lowest BCUT2D eigenvalue weighted by atomic mass is 10.3. The molecule has 0 saturated carbocycles. The van der Waals surface area contributed by atoms with Gasteiger partial charge in [0.05, 0.1) is 13.2 Å². The Balaban J connectivity index is 1.84. The highest BCUT2D eigenvalue weighted by atomic mass is 16.5. The molecule has 0 aromatic rings. The summed E-state index contributed by atoms with van der Waals surface area (Å²) < 4.78 is 10.3. The number of nitrogens with two attached hydrogens (primary N) is 1. The molecule has 1 aliphatic rings. The highest BCUT2D eigenvalue weighted by Gasteiger charge is 2.17. The van der Waals surface area contributed by atoms with E-state index in [4.69, 9.17) is 15.2 Å². The van der Waals surface area contributed by atoms with Crippen LogP contribution in [0, 0.1) is 0 Å². The topological polar surface area (TPSA) is 47.7 Å². The van der Waals surface area contributed by atoms with E-state index in [1.54, 1.807) is 7.11 Å². The minimum absolute atomic E-state index is 0.393. The Bertz CT molecular complexity index is 144. The van der Waals surface area contributed by atoms with Gasteiger partial charge in [0.15, 0.2) is 0 Å². The molecule has 4 nitrogen and oxygen atoms in total. The second kappa shape index (κ2) is 7.17. The highest BCUT2D eigenvalue weighted by molar-refractivity contribution is 4.77. The van der Waals surface area contributed by atoms with Crippen LogP contribution in [0.1, 0.15) is 12.8 Å². The molecule has 1 rings (SSSR count). The van der Waals surface area contributed by atoms with Crippen LogP contribution in [-0.4, -0.2) is 57.5 Å². The van der Waals surface area contributed by atoms with Crippen LogP contribution in [0.25, 0.3) is 0 Å². The predicted octanol–water partition coefficient (Wildman–Crippen LogP) is 0.0725. The zero-order valence-corrected chi connectivity index (χ0v) is 9.08. The molecule has 1 fully saturated rings. The van der Waals surface area contributed by atoms with Gasteiger partial charge in [-0.1, -0.05) is 0 Å². The summed E-state index contributed by atoms with van der Waals surface area (Å²) in [7, 11) is 1.69. The number of ether oxygens (including phenoxy) is 2. The maximum Gasteiger partial charge on any atom is 0.0700 e. The lowest BCUT2D eigenvalue weighted by Crippen LogP contribution is -2.27. The van der Waals surface area contributed by atoms with Crippen molar-refractivity contribution in [2.75, 3.05) is 46.6 Å². The summed E-state index contributed by atoms with van der Waals surface area (Å²) in [6, 6.07) is 0.393. The first-order valence-electron chi connectivity index (χ1n) is 5.37. The van der Waals surface area contributed by atoms with E-state index in [2.05, 4.69) is 4.90 Å². The fourth-order valence-electron chi connectivity index (χ4n) is 1.70. The molecule has 0 aromatic heterocycles. The Labute approximate surface area is 86.3 Å². The van der Waals surface area contributed by atoms with Crippen molar-refractivity contribution < 1.29 is 9.47 Å². The van der Waals surface area contributed by atoms with Gasteiger partial charge in [-0.15, -0.1) is 0 Å². The van der Waals surface area contributed by atoms with Crippen molar-refractivity contribution in [1.29, 1.82) is 0 Å². The average Bonchev–Trinajstić information content (AvgIpc) is 2.58. The van der Waals surface area contributed by atoms with E-state index in [1.807, 2.05) is 0 Å². The van der Waals surface area contributed by atoms with E-state index in [0.29, 0.717) is 19.3 Å². The van der Waals surface area contributed by atoms with E-state index in [-0.39, 0.29) is 0 Å². The fourth-order valence-corrected chi connectivity index (χ4v) is 1.70. The van der Waals surface area contributed by atoms with Gasteiger partial charge in [-0.3, -0.25) is 0 Å². The van der Waals surface area contributed by atoms with Gasteiger partial charge >= 0.3 is 0 Å². The molecule has 1 heterocycles. The number of likely N-dealkylation sites (tertiary alicyclic amines) is 1. The van der Waals surface area contributed by atoms with Crippen molar-refractivity contribution in [3.05, 3.63) is 0 Å². The molecule has 0 aromatic carbocycles. The summed E-state index contributed by atoms with van der Waals surface area (Å²) in [5.41, 5.74) is 5.81. The smallest absolute Gasteiger partial charge is 0.0700 e. The summed E-state index contributed by atoms with van der Waals surface area (Å²) in [5, 5.41) is 0. The van der Waals surface area contributed by atoms with Crippen molar-refractivity contribution >= 4 is 0 Å². The lowest BCUT2D eigenvalue weighted by molar-refractivity contribution is 0.0662. The number of nitrogens with zero attached hydrogens (tertiary/aromatic N) is 1. The van der Waals surface area contributed by atoms with Gasteiger partial charge in [0.2, 0.25) is 0 Å². The van der Waals surface area contributed by atoms with Gasteiger partial charge in [0.25, 0.3) is 0 Å². The van der Waals surface area contributed by atoms with Crippen LogP contribution in [0.3, 0.4) is 0 Å². The standard InChI is InChI=1S/C10H22N2O2/c1-13-7-8-14-6-2-4-12-5-3-10(11)9-12/h10H,2-9,11H2,1H3/t10-/m1/s1. The van der Waals surface area contributed by atoms with Crippen LogP contribution in [0.2, 0.25) is 0 Å². The van der Waals surface area contributed by atoms with Gasteiger partial charge in [-0.05, 0) is 19.4 Å². The van der Waals surface area contributed by atoms with Crippen LogP contribution in [0.4, 0.5) is 0 Å². The fraction of sp³-hybridized carbons (Fsp3) is 1.00. The van der Waals surface area contributed by atoms with Crippen LogP contribution in [-0.2, 0) is 9.47 Å². The molecule has 2 N–H and O–H groups in total. The monoisotopic (exact) mass is 202 g/mol. The molecular formula is C10H22N2O2. The van der Waals surface area contributed by atoms with Crippen LogP contribution < -0.4 is 5.73 Å². The summed E-state index contributed by atoms with van der Waals surface area (Å²) >= 11 is 0. The normalized spacial score (nSPS) is 23.1. The van der Waals surface area contributed by atoms with Crippen molar-refractivity contribution in [1.82, 2.24) is 4.90 Å². The number of hydrogen-bond donors (Lipinski definition) is 1. The van der Waals surface area contributed by atoms with Crippen LogP contribution in [0.15, 0.2) is 0 Å². The molecule has 1 saturated heterocycles. The number of methoxy groups -OCH3 is 1. The Hall–Kier alpha value is -0.160. The second-order valence-electron chi connectivity index (χ2n) is 3.81. The minimum Gasteiger partial charge on any atom is -0.382 e. The first-order valence-corrected chi connectivity index (χ1v) is 5.37. The number of hydrogen-bond acceptors (Lipinski definition) is 4. The Morgan fingerprint density at radius 1 is 1.36 bits per heavy atom. The van der Waals surface area contributed by atoms with Gasteiger partial charge in [-0.2, -0.15) is 0 Å². The van der Waals surface area contributed by atoms with Gasteiger partial charge in [0, 0.05) is 32.8 Å².